The SMILES string of the molecule is CCCCOc1ccc(Br)cc1C(=O)NNC(=O)c1ccc(OC)cc1. The number of nitrogens with one attached hydrogen (secondary N) is 2. The molecule has 0 saturated heterocycles. The highest BCUT2D eigenvalue weighted by Gasteiger charge is 2.15. The Kier molecular flexibility index (Phi) is 7.47. The smallest absolute Gasteiger partial charge is 0.273 e. The minimum absolute atomic E-state index is 0.338. The number of hydrogen-bond acceptors (Lipinski definition) is 4. The van der Waals surface area contributed by atoms with E-state index in [1.54, 1.807) is 49.6 Å². The van der Waals surface area contributed by atoms with Gasteiger partial charge in [-0.15, -0.1) is 0 Å². The summed E-state index contributed by atoms with van der Waals surface area (Å²) in [6.45, 7) is 2.59. The van der Waals surface area contributed by atoms with Crippen LogP contribution < -0.4 is 20.3 Å². The molecule has 0 saturated carbocycles. The second-order valence-electron chi connectivity index (χ2n) is 5.48. The molecular formula is C19H21BrN2O4. The largest absolute Gasteiger partial charge is 0.497 e. The molecule has 0 fully saturated rings. The molecule has 0 atom stereocenters. The summed E-state index contributed by atoms with van der Waals surface area (Å²) in [7, 11) is 1.55. The van der Waals surface area contributed by atoms with E-state index in [-0.39, 0.29) is 0 Å². The average molecular weight is 421 g/mol. The molecule has 2 aromatic carbocycles. The Hall–Kier alpha value is -2.54. The first-order chi connectivity index (χ1) is 12.5. The molecule has 26 heavy (non-hydrogen) atoms. The van der Waals surface area contributed by atoms with E-state index in [1.165, 1.54) is 0 Å². The van der Waals surface area contributed by atoms with Gasteiger partial charge in [-0.1, -0.05) is 29.3 Å². The lowest BCUT2D eigenvalue weighted by molar-refractivity contribution is 0.0844. The minimum Gasteiger partial charge on any atom is -0.497 e. The topological polar surface area (TPSA) is 76.7 Å². The monoisotopic (exact) mass is 420 g/mol. The minimum atomic E-state index is -0.459. The Morgan fingerprint density at radius 2 is 1.73 bits per heavy atom. The fourth-order valence-corrected chi connectivity index (χ4v) is 2.49. The van der Waals surface area contributed by atoms with Crippen LogP contribution in [-0.2, 0) is 0 Å². The zero-order valence-corrected chi connectivity index (χ0v) is 16.3. The fourth-order valence-electron chi connectivity index (χ4n) is 2.13. The highest BCUT2D eigenvalue weighted by atomic mass is 79.9. The molecule has 2 N–H and O–H groups in total. The number of carbonyl (C=O) groups is 2. The van der Waals surface area contributed by atoms with Gasteiger partial charge < -0.3 is 9.47 Å². The number of hydrazine groups is 1. The maximum Gasteiger partial charge on any atom is 0.273 e. The van der Waals surface area contributed by atoms with E-state index < -0.39 is 11.8 Å². The lowest BCUT2D eigenvalue weighted by Gasteiger charge is -2.13. The van der Waals surface area contributed by atoms with Crippen molar-refractivity contribution in [2.45, 2.75) is 19.8 Å². The van der Waals surface area contributed by atoms with Gasteiger partial charge in [-0.05, 0) is 48.9 Å². The number of hydrogen-bond donors (Lipinski definition) is 2. The lowest BCUT2D eigenvalue weighted by atomic mass is 10.2. The summed E-state index contributed by atoms with van der Waals surface area (Å²) in [4.78, 5) is 24.6. The van der Waals surface area contributed by atoms with Crippen LogP contribution in [0.4, 0.5) is 0 Å². The fraction of sp³-hybridized carbons (Fsp3) is 0.263. The highest BCUT2D eigenvalue weighted by Crippen LogP contribution is 2.23. The number of benzene rings is 2. The van der Waals surface area contributed by atoms with E-state index in [0.29, 0.717) is 29.2 Å². The normalized spacial score (nSPS) is 10.1. The molecule has 138 valence electrons. The molecule has 2 amide bonds. The van der Waals surface area contributed by atoms with Crippen LogP contribution in [0.5, 0.6) is 11.5 Å². The third-order valence-corrected chi connectivity index (χ3v) is 4.08. The summed E-state index contributed by atoms with van der Waals surface area (Å²) < 4.78 is 11.5. The van der Waals surface area contributed by atoms with Crippen LogP contribution >= 0.6 is 15.9 Å². The zero-order chi connectivity index (χ0) is 18.9. The van der Waals surface area contributed by atoms with Crippen molar-refractivity contribution in [2.75, 3.05) is 13.7 Å². The molecule has 0 bridgehead atoms. The predicted octanol–water partition coefficient (Wildman–Crippen LogP) is 3.71. The summed E-state index contributed by atoms with van der Waals surface area (Å²) >= 11 is 3.34. The van der Waals surface area contributed by atoms with Gasteiger partial charge in [-0.25, -0.2) is 0 Å². The number of amides is 2. The Morgan fingerprint density at radius 1 is 1.04 bits per heavy atom. The molecule has 0 aliphatic carbocycles. The third kappa shape index (κ3) is 5.49. The summed E-state index contributed by atoms with van der Waals surface area (Å²) in [6, 6.07) is 11.7. The molecule has 6 nitrogen and oxygen atoms in total. The Bertz CT molecular complexity index is 763. The highest BCUT2D eigenvalue weighted by molar-refractivity contribution is 9.10. The van der Waals surface area contributed by atoms with Crippen molar-refractivity contribution in [1.29, 1.82) is 0 Å². The van der Waals surface area contributed by atoms with Crippen molar-refractivity contribution in [2.24, 2.45) is 0 Å². The van der Waals surface area contributed by atoms with Crippen LogP contribution in [0.3, 0.4) is 0 Å². The Labute approximate surface area is 161 Å². The van der Waals surface area contributed by atoms with Crippen LogP contribution in [0.15, 0.2) is 46.9 Å². The molecule has 0 radical (unpaired) electrons. The average Bonchev–Trinajstić information content (AvgIpc) is 2.67. The maximum absolute atomic E-state index is 12.4. The first kappa shape index (κ1) is 19.8. The summed E-state index contributed by atoms with van der Waals surface area (Å²) in [5.41, 5.74) is 5.55. The number of methoxy groups -OCH3 is 1. The first-order valence-corrected chi connectivity index (χ1v) is 9.01. The molecule has 0 aliphatic heterocycles. The van der Waals surface area contributed by atoms with Crippen molar-refractivity contribution in [1.82, 2.24) is 10.9 Å². The van der Waals surface area contributed by atoms with E-state index in [1.807, 2.05) is 0 Å². The van der Waals surface area contributed by atoms with E-state index in [4.69, 9.17) is 9.47 Å². The van der Waals surface area contributed by atoms with Gasteiger partial charge in [0.2, 0.25) is 0 Å². The number of unbranched alkanes of at least 4 members (excludes halogenated alkanes) is 1. The van der Waals surface area contributed by atoms with Crippen molar-refractivity contribution >= 4 is 27.7 Å². The summed E-state index contributed by atoms with van der Waals surface area (Å²) in [5.74, 6) is 0.232. The number of ether oxygens (including phenoxy) is 2. The number of carbonyl (C=O) groups excluding carboxylic acids is 2. The van der Waals surface area contributed by atoms with Crippen molar-refractivity contribution in [3.8, 4) is 11.5 Å². The van der Waals surface area contributed by atoms with Gasteiger partial charge in [-0.3, -0.25) is 20.4 Å². The quantitative estimate of drug-likeness (QED) is 0.528. The van der Waals surface area contributed by atoms with E-state index in [2.05, 4.69) is 33.7 Å². The number of rotatable bonds is 7. The van der Waals surface area contributed by atoms with Crippen molar-refractivity contribution in [3.05, 3.63) is 58.1 Å². The van der Waals surface area contributed by atoms with Crippen LogP contribution in [0, 0.1) is 0 Å². The third-order valence-electron chi connectivity index (χ3n) is 3.58. The summed E-state index contributed by atoms with van der Waals surface area (Å²) in [5, 5.41) is 0. The van der Waals surface area contributed by atoms with Crippen LogP contribution in [0.1, 0.15) is 40.5 Å². The van der Waals surface area contributed by atoms with Gasteiger partial charge in [0.25, 0.3) is 11.8 Å². The molecule has 0 aromatic heterocycles. The van der Waals surface area contributed by atoms with E-state index >= 15 is 0 Å². The molecule has 0 aliphatic rings. The molecule has 0 unspecified atom stereocenters. The second kappa shape index (κ2) is 9.82. The molecular weight excluding hydrogens is 400 g/mol. The van der Waals surface area contributed by atoms with Gasteiger partial charge >= 0.3 is 0 Å². The maximum atomic E-state index is 12.4. The molecule has 2 rings (SSSR count). The van der Waals surface area contributed by atoms with Gasteiger partial charge in [-0.2, -0.15) is 0 Å². The first-order valence-electron chi connectivity index (χ1n) is 8.22. The standard InChI is InChI=1S/C19H21BrN2O4/c1-3-4-11-26-17-10-7-14(20)12-16(17)19(24)22-21-18(23)13-5-8-15(25-2)9-6-13/h5-10,12H,3-4,11H2,1-2H3,(H,21,23)(H,22,24). The van der Waals surface area contributed by atoms with Gasteiger partial charge in [0, 0.05) is 10.0 Å². The molecule has 7 heteroatoms. The number of halogens is 1. The van der Waals surface area contributed by atoms with E-state index in [9.17, 15) is 9.59 Å². The molecule has 2 aromatic rings. The van der Waals surface area contributed by atoms with Crippen LogP contribution in [-0.4, -0.2) is 25.5 Å². The predicted molar refractivity (Wildman–Crippen MR) is 102 cm³/mol. The van der Waals surface area contributed by atoms with Gasteiger partial charge in [0.1, 0.15) is 11.5 Å². The van der Waals surface area contributed by atoms with Crippen molar-refractivity contribution < 1.29 is 19.1 Å². The van der Waals surface area contributed by atoms with Crippen LogP contribution in [0.25, 0.3) is 0 Å². The van der Waals surface area contributed by atoms with Crippen molar-refractivity contribution in [3.63, 3.8) is 0 Å². The molecule has 0 heterocycles. The van der Waals surface area contributed by atoms with Gasteiger partial charge in [0.15, 0.2) is 0 Å². The Balaban J connectivity index is 2.02. The van der Waals surface area contributed by atoms with Crippen LogP contribution in [0.2, 0.25) is 0 Å². The summed E-state index contributed by atoms with van der Waals surface area (Å²) in [6.07, 6.45) is 1.89. The second-order valence-corrected chi connectivity index (χ2v) is 6.39. The Morgan fingerprint density at radius 3 is 2.38 bits per heavy atom. The molecule has 0 spiro atoms. The van der Waals surface area contributed by atoms with Gasteiger partial charge in [0.05, 0.1) is 19.3 Å². The zero-order valence-electron chi connectivity index (χ0n) is 14.7. The van der Waals surface area contributed by atoms with E-state index in [0.717, 1.165) is 17.3 Å². The lowest BCUT2D eigenvalue weighted by Crippen LogP contribution is -2.41.